The van der Waals surface area contributed by atoms with Gasteiger partial charge in [0.1, 0.15) is 0 Å². The first-order chi connectivity index (χ1) is 8.99. The minimum Gasteiger partial charge on any atom is -0.379 e. The molecule has 0 bridgehead atoms. The van der Waals surface area contributed by atoms with Crippen LogP contribution in [0.5, 0.6) is 0 Å². The molecule has 5 heteroatoms. The number of aromatic nitrogens is 2. The zero-order chi connectivity index (χ0) is 14.0. The summed E-state index contributed by atoms with van der Waals surface area (Å²) in [6.07, 6.45) is 2.59. The number of carbonyl (C=O) groups excluding carboxylic acids is 1. The summed E-state index contributed by atoms with van der Waals surface area (Å²) in [6.45, 7) is 9.15. The third kappa shape index (κ3) is 3.08. The zero-order valence-corrected chi connectivity index (χ0v) is 12.3. The van der Waals surface area contributed by atoms with Crippen molar-refractivity contribution in [1.82, 2.24) is 15.1 Å². The Balaban J connectivity index is 2.16. The van der Waals surface area contributed by atoms with Crippen molar-refractivity contribution in [2.75, 3.05) is 11.9 Å². The number of hydrogen-bond acceptors (Lipinski definition) is 3. The van der Waals surface area contributed by atoms with E-state index in [4.69, 9.17) is 0 Å². The second-order valence-electron chi connectivity index (χ2n) is 5.62. The molecule has 0 spiro atoms. The Bertz CT molecular complexity index is 464. The first-order valence-electron chi connectivity index (χ1n) is 7.08. The first kappa shape index (κ1) is 13.9. The SMILES string of the molecule is Cc1nn(C(C)C)c(C)c1NC1CCCNC(=O)C1. The fraction of sp³-hybridized carbons (Fsp3) is 0.714. The second-order valence-corrected chi connectivity index (χ2v) is 5.62. The molecule has 1 amide bonds. The van der Waals surface area contributed by atoms with Crippen molar-refractivity contribution in [2.24, 2.45) is 0 Å². The molecule has 0 saturated carbocycles. The molecule has 2 rings (SSSR count). The molecular formula is C14H24N4O. The van der Waals surface area contributed by atoms with Gasteiger partial charge in [-0.15, -0.1) is 0 Å². The standard InChI is InChI=1S/C14H24N4O/c1-9(2)18-11(4)14(10(3)17-18)16-12-6-5-7-15-13(19)8-12/h9,12,16H,5-8H2,1-4H3,(H,15,19). The van der Waals surface area contributed by atoms with Crippen molar-refractivity contribution in [2.45, 2.75) is 59.0 Å². The maximum absolute atomic E-state index is 11.6. The van der Waals surface area contributed by atoms with E-state index in [1.54, 1.807) is 0 Å². The number of carbonyl (C=O) groups is 1. The van der Waals surface area contributed by atoms with E-state index in [0.29, 0.717) is 12.5 Å². The Morgan fingerprint density at radius 2 is 2.16 bits per heavy atom. The van der Waals surface area contributed by atoms with Crippen LogP contribution in [-0.4, -0.2) is 28.3 Å². The molecule has 1 unspecified atom stereocenters. The summed E-state index contributed by atoms with van der Waals surface area (Å²) in [7, 11) is 0. The van der Waals surface area contributed by atoms with Gasteiger partial charge in [-0.05, 0) is 40.5 Å². The Hall–Kier alpha value is -1.52. The van der Waals surface area contributed by atoms with E-state index < -0.39 is 0 Å². The van der Waals surface area contributed by atoms with E-state index in [1.807, 2.05) is 11.6 Å². The van der Waals surface area contributed by atoms with Gasteiger partial charge in [0.15, 0.2) is 0 Å². The first-order valence-corrected chi connectivity index (χ1v) is 7.08. The van der Waals surface area contributed by atoms with Crippen LogP contribution < -0.4 is 10.6 Å². The Labute approximate surface area is 114 Å². The molecule has 1 saturated heterocycles. The van der Waals surface area contributed by atoms with Crippen LogP contribution in [0, 0.1) is 13.8 Å². The maximum Gasteiger partial charge on any atom is 0.222 e. The van der Waals surface area contributed by atoms with Crippen molar-refractivity contribution < 1.29 is 4.79 Å². The summed E-state index contributed by atoms with van der Waals surface area (Å²) in [5.74, 6) is 0.140. The van der Waals surface area contributed by atoms with Gasteiger partial charge in [0.2, 0.25) is 5.91 Å². The molecule has 1 fully saturated rings. The average molecular weight is 264 g/mol. The zero-order valence-electron chi connectivity index (χ0n) is 12.3. The molecule has 0 aliphatic carbocycles. The van der Waals surface area contributed by atoms with Crippen molar-refractivity contribution in [3.63, 3.8) is 0 Å². The van der Waals surface area contributed by atoms with Gasteiger partial charge in [-0.3, -0.25) is 9.48 Å². The van der Waals surface area contributed by atoms with Crippen molar-refractivity contribution in [3.05, 3.63) is 11.4 Å². The number of nitrogens with zero attached hydrogens (tertiary/aromatic N) is 2. The van der Waals surface area contributed by atoms with Crippen LogP contribution >= 0.6 is 0 Å². The third-order valence-electron chi connectivity index (χ3n) is 3.65. The molecule has 106 valence electrons. The highest BCUT2D eigenvalue weighted by Gasteiger charge is 2.20. The van der Waals surface area contributed by atoms with Gasteiger partial charge in [-0.1, -0.05) is 0 Å². The maximum atomic E-state index is 11.6. The molecule has 1 aromatic rings. The lowest BCUT2D eigenvalue weighted by molar-refractivity contribution is -0.120. The van der Waals surface area contributed by atoms with Gasteiger partial charge in [0.05, 0.1) is 17.1 Å². The van der Waals surface area contributed by atoms with E-state index in [1.165, 1.54) is 0 Å². The van der Waals surface area contributed by atoms with E-state index in [2.05, 4.69) is 36.5 Å². The van der Waals surface area contributed by atoms with E-state index in [-0.39, 0.29) is 11.9 Å². The lowest BCUT2D eigenvalue weighted by atomic mass is 10.1. The molecule has 1 aromatic heterocycles. The highest BCUT2D eigenvalue weighted by atomic mass is 16.1. The normalized spacial score (nSPS) is 20.3. The number of anilines is 1. The van der Waals surface area contributed by atoms with Gasteiger partial charge in [0, 0.05) is 25.0 Å². The fourth-order valence-corrected chi connectivity index (χ4v) is 2.68. The molecule has 0 aromatic carbocycles. The highest BCUT2D eigenvalue weighted by Crippen LogP contribution is 2.24. The average Bonchev–Trinajstić information content (AvgIpc) is 2.52. The third-order valence-corrected chi connectivity index (χ3v) is 3.65. The summed E-state index contributed by atoms with van der Waals surface area (Å²) in [4.78, 5) is 11.6. The minimum absolute atomic E-state index is 0.140. The van der Waals surface area contributed by atoms with E-state index in [0.717, 1.165) is 36.5 Å². The second kappa shape index (κ2) is 5.63. The summed E-state index contributed by atoms with van der Waals surface area (Å²) in [5.41, 5.74) is 3.25. The molecule has 1 aliphatic rings. The van der Waals surface area contributed by atoms with Gasteiger partial charge in [-0.2, -0.15) is 5.10 Å². The predicted molar refractivity (Wildman–Crippen MR) is 76.4 cm³/mol. The lowest BCUT2D eigenvalue weighted by Gasteiger charge is -2.17. The molecule has 5 nitrogen and oxygen atoms in total. The Kier molecular flexibility index (Phi) is 4.12. The van der Waals surface area contributed by atoms with Crippen LogP contribution in [0.4, 0.5) is 5.69 Å². The van der Waals surface area contributed by atoms with Gasteiger partial charge in [0.25, 0.3) is 0 Å². The van der Waals surface area contributed by atoms with Crippen molar-refractivity contribution >= 4 is 11.6 Å². The minimum atomic E-state index is 0.140. The molecule has 2 heterocycles. The van der Waals surface area contributed by atoms with Gasteiger partial charge < -0.3 is 10.6 Å². The van der Waals surface area contributed by atoms with Crippen LogP contribution in [0.1, 0.15) is 50.5 Å². The van der Waals surface area contributed by atoms with Gasteiger partial charge in [-0.25, -0.2) is 0 Å². The molecule has 1 atom stereocenters. The Morgan fingerprint density at radius 3 is 2.79 bits per heavy atom. The van der Waals surface area contributed by atoms with Crippen LogP contribution in [0.15, 0.2) is 0 Å². The molecule has 0 radical (unpaired) electrons. The predicted octanol–water partition coefficient (Wildman–Crippen LogP) is 2.16. The number of rotatable bonds is 3. The van der Waals surface area contributed by atoms with Crippen molar-refractivity contribution in [3.8, 4) is 0 Å². The van der Waals surface area contributed by atoms with E-state index in [9.17, 15) is 4.79 Å². The number of amides is 1. The number of aryl methyl sites for hydroxylation is 1. The fourth-order valence-electron chi connectivity index (χ4n) is 2.68. The van der Waals surface area contributed by atoms with Crippen LogP contribution in [0.25, 0.3) is 0 Å². The van der Waals surface area contributed by atoms with Crippen LogP contribution in [0.3, 0.4) is 0 Å². The Morgan fingerprint density at radius 1 is 1.42 bits per heavy atom. The van der Waals surface area contributed by atoms with Crippen LogP contribution in [-0.2, 0) is 4.79 Å². The van der Waals surface area contributed by atoms with E-state index >= 15 is 0 Å². The monoisotopic (exact) mass is 264 g/mol. The summed E-state index contributed by atoms with van der Waals surface area (Å²) in [6, 6.07) is 0.566. The lowest BCUT2D eigenvalue weighted by Crippen LogP contribution is -2.27. The largest absolute Gasteiger partial charge is 0.379 e. The van der Waals surface area contributed by atoms with Crippen LogP contribution in [0.2, 0.25) is 0 Å². The summed E-state index contributed by atoms with van der Waals surface area (Å²) < 4.78 is 2.04. The highest BCUT2D eigenvalue weighted by molar-refractivity contribution is 5.77. The molecular weight excluding hydrogens is 240 g/mol. The number of hydrogen-bond donors (Lipinski definition) is 2. The van der Waals surface area contributed by atoms with Crippen molar-refractivity contribution in [1.29, 1.82) is 0 Å². The topological polar surface area (TPSA) is 59.0 Å². The van der Waals surface area contributed by atoms with Gasteiger partial charge >= 0.3 is 0 Å². The summed E-state index contributed by atoms with van der Waals surface area (Å²) in [5, 5.41) is 11.0. The molecule has 2 N–H and O–H groups in total. The number of nitrogens with one attached hydrogen (secondary N) is 2. The quantitative estimate of drug-likeness (QED) is 0.879. The molecule has 19 heavy (non-hydrogen) atoms. The summed E-state index contributed by atoms with van der Waals surface area (Å²) >= 11 is 0. The molecule has 1 aliphatic heterocycles. The smallest absolute Gasteiger partial charge is 0.222 e.